The van der Waals surface area contributed by atoms with Gasteiger partial charge in [0.25, 0.3) is 0 Å². The van der Waals surface area contributed by atoms with E-state index in [1.165, 1.54) is 19.5 Å². The van der Waals surface area contributed by atoms with E-state index in [0.717, 1.165) is 0 Å². The molecule has 176 valence electrons. The lowest BCUT2D eigenvalue weighted by Crippen LogP contribution is -2.20. The van der Waals surface area contributed by atoms with Crippen LogP contribution in [0.25, 0.3) is 11.0 Å². The lowest BCUT2D eigenvalue weighted by molar-refractivity contribution is 0.104. The number of ketones is 1. The Kier molecular flexibility index (Phi) is 6.33. The number of anilines is 3. The van der Waals surface area contributed by atoms with E-state index < -0.39 is 6.03 Å². The fourth-order valence-electron chi connectivity index (χ4n) is 3.73. The Morgan fingerprint density at radius 3 is 2.66 bits per heavy atom. The van der Waals surface area contributed by atoms with Gasteiger partial charge >= 0.3 is 6.03 Å². The van der Waals surface area contributed by atoms with Crippen LogP contribution in [0.1, 0.15) is 41.4 Å². The molecule has 2 heterocycles. The molecule has 0 saturated carbocycles. The summed E-state index contributed by atoms with van der Waals surface area (Å²) in [5, 5.41) is 14.9. The number of nitrogens with one attached hydrogen (secondary N) is 2. The maximum atomic E-state index is 13.5. The summed E-state index contributed by atoms with van der Waals surface area (Å²) in [6, 6.07) is 12.8. The number of ether oxygens (including phenoxy) is 1. The highest BCUT2D eigenvalue weighted by Crippen LogP contribution is 2.31. The molecular formula is C25H23N7O3. The first-order valence-corrected chi connectivity index (χ1v) is 10.7. The van der Waals surface area contributed by atoms with Gasteiger partial charge in [0.15, 0.2) is 5.78 Å². The Morgan fingerprint density at radius 1 is 1.14 bits per heavy atom. The van der Waals surface area contributed by atoms with Crippen LogP contribution in [0.5, 0.6) is 5.75 Å². The molecule has 0 atom stereocenters. The van der Waals surface area contributed by atoms with Gasteiger partial charge in [-0.25, -0.2) is 14.8 Å². The monoisotopic (exact) mass is 469 g/mol. The first-order chi connectivity index (χ1) is 16.8. The zero-order valence-corrected chi connectivity index (χ0v) is 19.4. The second-order valence-corrected chi connectivity index (χ2v) is 8.02. The zero-order chi connectivity index (χ0) is 25.1. The number of carbonyl (C=O) groups is 2. The first kappa shape index (κ1) is 23.3. The SMILES string of the molecule is COc1ccc(C(=O)c2cn(C(C)C)c3ncnc(N)c23)cc1NC(=O)Nc1cccc(C#N)c1. The Hall–Kier alpha value is -4.91. The number of aromatic nitrogens is 3. The van der Waals surface area contributed by atoms with Crippen LogP contribution in [0.15, 0.2) is 55.0 Å². The molecule has 0 aliphatic carbocycles. The zero-order valence-electron chi connectivity index (χ0n) is 19.4. The first-order valence-electron chi connectivity index (χ1n) is 10.7. The third-order valence-electron chi connectivity index (χ3n) is 5.40. The molecule has 4 N–H and O–H groups in total. The normalized spacial score (nSPS) is 10.7. The summed E-state index contributed by atoms with van der Waals surface area (Å²) in [6.45, 7) is 3.96. The van der Waals surface area contributed by atoms with E-state index in [1.807, 2.05) is 24.5 Å². The number of nitrogens with zero attached hydrogens (tertiary/aromatic N) is 4. The van der Waals surface area contributed by atoms with Gasteiger partial charge < -0.3 is 25.7 Å². The second-order valence-electron chi connectivity index (χ2n) is 8.02. The molecule has 10 heteroatoms. The fourth-order valence-corrected chi connectivity index (χ4v) is 3.73. The van der Waals surface area contributed by atoms with Crippen LogP contribution < -0.4 is 21.1 Å². The molecule has 0 saturated heterocycles. The number of carbonyl (C=O) groups excluding carboxylic acids is 2. The molecule has 4 aromatic rings. The van der Waals surface area contributed by atoms with Gasteiger partial charge in [-0.15, -0.1) is 0 Å². The molecule has 35 heavy (non-hydrogen) atoms. The number of nitrogen functional groups attached to an aromatic ring is 1. The van der Waals surface area contributed by atoms with Gasteiger partial charge in [-0.05, 0) is 50.2 Å². The molecule has 0 spiro atoms. The van der Waals surface area contributed by atoms with Crippen LogP contribution in [0, 0.1) is 11.3 Å². The Morgan fingerprint density at radius 2 is 1.94 bits per heavy atom. The van der Waals surface area contributed by atoms with Crippen LogP contribution in [0.2, 0.25) is 0 Å². The lowest BCUT2D eigenvalue weighted by Gasteiger charge is -2.13. The summed E-state index contributed by atoms with van der Waals surface area (Å²) in [6.07, 6.45) is 3.08. The van der Waals surface area contributed by atoms with E-state index in [4.69, 9.17) is 15.7 Å². The topological polar surface area (TPSA) is 148 Å². The average molecular weight is 470 g/mol. The van der Waals surface area contributed by atoms with Crippen molar-refractivity contribution >= 4 is 40.0 Å². The summed E-state index contributed by atoms with van der Waals surface area (Å²) < 4.78 is 7.22. The van der Waals surface area contributed by atoms with Crippen molar-refractivity contribution in [2.45, 2.75) is 19.9 Å². The van der Waals surface area contributed by atoms with Crippen LogP contribution in [0.4, 0.5) is 22.0 Å². The standard InChI is InChI=1S/C25H23N7O3/c1-14(2)32-12-18(21-23(27)28-13-29-24(21)32)22(33)16-7-8-20(35-3)19(10-16)31-25(34)30-17-6-4-5-15(9-17)11-26/h4-10,12-14H,1-3H3,(H2,27,28,29)(H2,30,31,34). The minimum absolute atomic E-state index is 0.0460. The predicted octanol–water partition coefficient (Wildman–Crippen LogP) is 4.35. The lowest BCUT2D eigenvalue weighted by atomic mass is 10.0. The third-order valence-corrected chi connectivity index (χ3v) is 5.40. The smallest absolute Gasteiger partial charge is 0.323 e. The van der Waals surface area contributed by atoms with E-state index in [0.29, 0.717) is 44.8 Å². The van der Waals surface area contributed by atoms with E-state index >= 15 is 0 Å². The fraction of sp³-hybridized carbons (Fsp3) is 0.160. The van der Waals surface area contributed by atoms with Crippen molar-refractivity contribution in [2.24, 2.45) is 0 Å². The van der Waals surface area contributed by atoms with Gasteiger partial charge in [-0.3, -0.25) is 4.79 Å². The Balaban J connectivity index is 1.67. The molecule has 2 amide bonds. The highest BCUT2D eigenvalue weighted by Gasteiger charge is 2.22. The minimum Gasteiger partial charge on any atom is -0.495 e. The van der Waals surface area contributed by atoms with Crippen LogP contribution in [-0.2, 0) is 0 Å². The number of nitriles is 1. The molecule has 2 aromatic carbocycles. The molecule has 4 rings (SSSR count). The van der Waals surface area contributed by atoms with Crippen molar-refractivity contribution in [1.82, 2.24) is 14.5 Å². The van der Waals surface area contributed by atoms with E-state index in [-0.39, 0.29) is 17.6 Å². The number of amides is 2. The predicted molar refractivity (Wildman–Crippen MR) is 133 cm³/mol. The minimum atomic E-state index is -0.558. The number of methoxy groups -OCH3 is 1. The van der Waals surface area contributed by atoms with E-state index in [2.05, 4.69) is 20.6 Å². The maximum absolute atomic E-state index is 13.5. The quantitative estimate of drug-likeness (QED) is 0.356. The summed E-state index contributed by atoms with van der Waals surface area (Å²) in [5.74, 6) is 0.280. The molecule has 0 aliphatic rings. The average Bonchev–Trinajstić information content (AvgIpc) is 3.25. The summed E-state index contributed by atoms with van der Waals surface area (Å²) in [7, 11) is 1.46. The van der Waals surface area contributed by atoms with Crippen molar-refractivity contribution in [1.29, 1.82) is 5.26 Å². The van der Waals surface area contributed by atoms with Crippen LogP contribution in [0.3, 0.4) is 0 Å². The van der Waals surface area contributed by atoms with E-state index in [1.54, 1.807) is 42.6 Å². The number of hydrogen-bond donors (Lipinski definition) is 3. The van der Waals surface area contributed by atoms with Gasteiger partial charge in [0.05, 0.1) is 35.4 Å². The highest BCUT2D eigenvalue weighted by molar-refractivity contribution is 6.18. The summed E-state index contributed by atoms with van der Waals surface area (Å²) in [5.41, 5.74) is 8.51. The molecule has 0 bridgehead atoms. The molecule has 0 radical (unpaired) electrons. The maximum Gasteiger partial charge on any atom is 0.323 e. The molecule has 0 aliphatic heterocycles. The largest absolute Gasteiger partial charge is 0.495 e. The molecule has 2 aromatic heterocycles. The van der Waals surface area contributed by atoms with Crippen molar-refractivity contribution in [2.75, 3.05) is 23.5 Å². The number of rotatable bonds is 6. The molecule has 0 fully saturated rings. The Bertz CT molecular complexity index is 1480. The van der Waals surface area contributed by atoms with Gasteiger partial charge in [-0.1, -0.05) is 6.07 Å². The van der Waals surface area contributed by atoms with Gasteiger partial charge in [-0.2, -0.15) is 5.26 Å². The van der Waals surface area contributed by atoms with Gasteiger partial charge in [0.2, 0.25) is 0 Å². The van der Waals surface area contributed by atoms with Crippen LogP contribution >= 0.6 is 0 Å². The summed E-state index contributed by atoms with van der Waals surface area (Å²) >= 11 is 0. The van der Waals surface area contributed by atoms with Crippen molar-refractivity contribution in [3.63, 3.8) is 0 Å². The number of nitrogens with two attached hydrogens (primary N) is 1. The van der Waals surface area contributed by atoms with Crippen molar-refractivity contribution in [3.05, 3.63) is 71.7 Å². The number of fused-ring (bicyclic) bond motifs is 1. The molecule has 10 nitrogen and oxygen atoms in total. The van der Waals surface area contributed by atoms with Crippen molar-refractivity contribution in [3.8, 4) is 11.8 Å². The number of hydrogen-bond acceptors (Lipinski definition) is 7. The molecule has 0 unspecified atom stereocenters. The highest BCUT2D eigenvalue weighted by atomic mass is 16.5. The molecular weight excluding hydrogens is 446 g/mol. The Labute approximate surface area is 201 Å². The van der Waals surface area contributed by atoms with Gasteiger partial charge in [0, 0.05) is 23.5 Å². The number of urea groups is 1. The number of benzene rings is 2. The van der Waals surface area contributed by atoms with Crippen molar-refractivity contribution < 1.29 is 14.3 Å². The summed E-state index contributed by atoms with van der Waals surface area (Å²) in [4.78, 5) is 34.5. The van der Waals surface area contributed by atoms with E-state index in [9.17, 15) is 9.59 Å². The second kappa shape index (κ2) is 9.52. The van der Waals surface area contributed by atoms with Gasteiger partial charge in [0.1, 0.15) is 23.5 Å². The third kappa shape index (κ3) is 4.60. The van der Waals surface area contributed by atoms with Crippen LogP contribution in [-0.4, -0.2) is 33.5 Å².